The molecule has 0 radical (unpaired) electrons. The fourth-order valence-electron chi connectivity index (χ4n) is 2.89. The van der Waals surface area contributed by atoms with Gasteiger partial charge in [-0.05, 0) is 76.9 Å². The molecule has 9 nitrogen and oxygen atoms in total. The maximum Gasteiger partial charge on any atom is 0.344 e. The highest BCUT2D eigenvalue weighted by molar-refractivity contribution is 9.10. The van der Waals surface area contributed by atoms with Crippen LogP contribution >= 0.6 is 15.9 Å². The molecule has 2 amide bonds. The van der Waals surface area contributed by atoms with E-state index >= 15 is 0 Å². The van der Waals surface area contributed by atoms with Gasteiger partial charge >= 0.3 is 17.8 Å². The van der Waals surface area contributed by atoms with Crippen molar-refractivity contribution in [3.63, 3.8) is 0 Å². The third-order valence-electron chi connectivity index (χ3n) is 4.76. The van der Waals surface area contributed by atoms with E-state index in [4.69, 9.17) is 14.2 Å². The van der Waals surface area contributed by atoms with Crippen LogP contribution in [0, 0.1) is 0 Å². The van der Waals surface area contributed by atoms with E-state index in [-0.39, 0.29) is 5.69 Å². The van der Waals surface area contributed by atoms with Crippen LogP contribution < -0.4 is 25.0 Å². The predicted molar refractivity (Wildman–Crippen MR) is 134 cm³/mol. The second-order valence-electron chi connectivity index (χ2n) is 7.05. The van der Waals surface area contributed by atoms with E-state index in [1.54, 1.807) is 67.6 Å². The Kier molecular flexibility index (Phi) is 8.58. The molecule has 0 spiro atoms. The van der Waals surface area contributed by atoms with Crippen molar-refractivity contribution in [1.29, 1.82) is 0 Å². The highest BCUT2D eigenvalue weighted by Gasteiger charge is 2.17. The lowest BCUT2D eigenvalue weighted by Crippen LogP contribution is -2.33. The number of hydrogen-bond acceptors (Lipinski definition) is 7. The summed E-state index contributed by atoms with van der Waals surface area (Å²) in [5.74, 6) is -1.19. The van der Waals surface area contributed by atoms with Crippen LogP contribution in [-0.4, -0.2) is 37.7 Å². The molecule has 10 heteroatoms. The van der Waals surface area contributed by atoms with Gasteiger partial charge in [0.25, 0.3) is 0 Å². The average molecular weight is 540 g/mol. The molecule has 3 rings (SSSR count). The van der Waals surface area contributed by atoms with Crippen molar-refractivity contribution >= 4 is 45.1 Å². The summed E-state index contributed by atoms with van der Waals surface area (Å²) in [6, 6.07) is 18.3. The second-order valence-corrected chi connectivity index (χ2v) is 7.91. The molecule has 35 heavy (non-hydrogen) atoms. The number of anilines is 1. The van der Waals surface area contributed by atoms with E-state index in [0.29, 0.717) is 38.6 Å². The van der Waals surface area contributed by atoms with E-state index in [2.05, 4.69) is 31.8 Å². The Morgan fingerprint density at radius 3 is 2.20 bits per heavy atom. The molecule has 0 aliphatic heterocycles. The molecule has 0 atom stereocenters. The van der Waals surface area contributed by atoms with Crippen LogP contribution in [0.25, 0.3) is 0 Å². The summed E-state index contributed by atoms with van der Waals surface area (Å²) < 4.78 is 16.3. The van der Waals surface area contributed by atoms with Crippen molar-refractivity contribution in [2.45, 2.75) is 6.92 Å². The standard InChI is InChI=1S/C25H22BrN3O6/c1-15(16-8-10-17(11-9-16)35-25(32)19-6-4-5-7-20(19)26)28-29-24(31)23(30)27-21-14-18(33-2)12-13-22(21)34-3/h4-14H,1-3H3,(H,27,30)(H,29,31). The molecule has 0 unspecified atom stereocenters. The number of hydrogen-bond donors (Lipinski definition) is 2. The quantitative estimate of drug-likeness (QED) is 0.153. The van der Waals surface area contributed by atoms with Crippen LogP contribution in [0.4, 0.5) is 5.69 Å². The SMILES string of the molecule is COc1ccc(OC)c(NC(=O)C(=O)NN=C(C)c2ccc(OC(=O)c3ccccc3Br)cc2)c1. The molecule has 3 aromatic carbocycles. The number of methoxy groups -OCH3 is 2. The van der Waals surface area contributed by atoms with Crippen molar-refractivity contribution in [3.8, 4) is 17.2 Å². The van der Waals surface area contributed by atoms with Crippen LogP contribution in [-0.2, 0) is 9.59 Å². The summed E-state index contributed by atoms with van der Waals surface area (Å²) in [4.78, 5) is 36.8. The highest BCUT2D eigenvalue weighted by atomic mass is 79.9. The van der Waals surface area contributed by atoms with Gasteiger partial charge in [-0.1, -0.05) is 12.1 Å². The minimum absolute atomic E-state index is 0.278. The number of rotatable bonds is 7. The highest BCUT2D eigenvalue weighted by Crippen LogP contribution is 2.28. The van der Waals surface area contributed by atoms with Gasteiger partial charge in [-0.3, -0.25) is 9.59 Å². The Bertz CT molecular complexity index is 1270. The molecule has 0 aliphatic carbocycles. The Labute approximate surface area is 210 Å². The molecule has 3 aromatic rings. The van der Waals surface area contributed by atoms with Crippen molar-refractivity contribution in [3.05, 3.63) is 82.3 Å². The topological polar surface area (TPSA) is 115 Å². The van der Waals surface area contributed by atoms with Crippen LogP contribution in [0.2, 0.25) is 0 Å². The third-order valence-corrected chi connectivity index (χ3v) is 5.45. The number of hydrazone groups is 1. The number of esters is 1. The van der Waals surface area contributed by atoms with Crippen LogP contribution in [0.1, 0.15) is 22.8 Å². The maximum absolute atomic E-state index is 12.3. The number of carbonyl (C=O) groups excluding carboxylic acids is 3. The first kappa shape index (κ1) is 25.4. The molecule has 0 bridgehead atoms. The molecule has 0 saturated carbocycles. The number of benzene rings is 3. The largest absolute Gasteiger partial charge is 0.497 e. The molecule has 0 heterocycles. The lowest BCUT2D eigenvalue weighted by atomic mass is 10.1. The molecular formula is C25H22BrN3O6. The van der Waals surface area contributed by atoms with Crippen molar-refractivity contribution in [2.75, 3.05) is 19.5 Å². The normalized spacial score (nSPS) is 10.8. The Balaban J connectivity index is 1.60. The van der Waals surface area contributed by atoms with Gasteiger partial charge in [0.2, 0.25) is 0 Å². The minimum atomic E-state index is -0.965. The number of nitrogens with one attached hydrogen (secondary N) is 2. The summed E-state index contributed by atoms with van der Waals surface area (Å²) in [6.07, 6.45) is 0. The van der Waals surface area contributed by atoms with E-state index in [0.717, 1.165) is 0 Å². The van der Waals surface area contributed by atoms with E-state index in [1.165, 1.54) is 20.3 Å². The molecular weight excluding hydrogens is 518 g/mol. The summed E-state index contributed by atoms with van der Waals surface area (Å²) in [5.41, 5.74) is 3.99. The van der Waals surface area contributed by atoms with Crippen molar-refractivity contribution in [1.82, 2.24) is 5.43 Å². The van der Waals surface area contributed by atoms with Gasteiger partial charge in [0.1, 0.15) is 17.2 Å². The molecule has 0 fully saturated rings. The molecule has 180 valence electrons. The molecule has 2 N–H and O–H groups in total. The monoisotopic (exact) mass is 539 g/mol. The molecule has 0 saturated heterocycles. The molecule has 0 aromatic heterocycles. The smallest absolute Gasteiger partial charge is 0.344 e. The van der Waals surface area contributed by atoms with Gasteiger partial charge in [0.05, 0.1) is 31.2 Å². The van der Waals surface area contributed by atoms with Crippen molar-refractivity contribution < 1.29 is 28.6 Å². The first-order chi connectivity index (χ1) is 16.8. The lowest BCUT2D eigenvalue weighted by Gasteiger charge is -2.11. The van der Waals surface area contributed by atoms with E-state index < -0.39 is 17.8 Å². The summed E-state index contributed by atoms with van der Waals surface area (Å²) in [7, 11) is 2.93. The number of halogens is 1. The number of carbonyl (C=O) groups is 3. The zero-order chi connectivity index (χ0) is 25.4. The third kappa shape index (κ3) is 6.67. The fraction of sp³-hybridized carbons (Fsp3) is 0.120. The van der Waals surface area contributed by atoms with Crippen LogP contribution in [0.15, 0.2) is 76.3 Å². The average Bonchev–Trinajstić information content (AvgIpc) is 2.87. The van der Waals surface area contributed by atoms with Gasteiger partial charge in [0, 0.05) is 10.5 Å². The Morgan fingerprint density at radius 2 is 1.54 bits per heavy atom. The summed E-state index contributed by atoms with van der Waals surface area (Å²) in [5, 5.41) is 6.43. The Morgan fingerprint density at radius 1 is 0.857 bits per heavy atom. The van der Waals surface area contributed by atoms with Gasteiger partial charge in [-0.25, -0.2) is 10.2 Å². The molecule has 0 aliphatic rings. The lowest BCUT2D eigenvalue weighted by molar-refractivity contribution is -0.136. The maximum atomic E-state index is 12.3. The van der Waals surface area contributed by atoms with Crippen molar-refractivity contribution in [2.24, 2.45) is 5.10 Å². The van der Waals surface area contributed by atoms with E-state index in [9.17, 15) is 14.4 Å². The van der Waals surface area contributed by atoms with Crippen LogP contribution in [0.3, 0.4) is 0 Å². The number of nitrogens with zero attached hydrogens (tertiary/aromatic N) is 1. The van der Waals surface area contributed by atoms with Gasteiger partial charge in [-0.2, -0.15) is 5.10 Å². The Hall–Kier alpha value is -4.18. The zero-order valence-electron chi connectivity index (χ0n) is 19.1. The number of amides is 2. The summed E-state index contributed by atoms with van der Waals surface area (Å²) in [6.45, 7) is 1.66. The van der Waals surface area contributed by atoms with Crippen LogP contribution in [0.5, 0.6) is 17.2 Å². The van der Waals surface area contributed by atoms with Gasteiger partial charge in [0.15, 0.2) is 0 Å². The van der Waals surface area contributed by atoms with Gasteiger partial charge in [-0.15, -0.1) is 0 Å². The van der Waals surface area contributed by atoms with E-state index in [1.807, 2.05) is 0 Å². The second kappa shape index (κ2) is 11.8. The fourth-order valence-corrected chi connectivity index (χ4v) is 3.34. The first-order valence-corrected chi connectivity index (χ1v) is 11.1. The summed E-state index contributed by atoms with van der Waals surface area (Å²) >= 11 is 3.32. The minimum Gasteiger partial charge on any atom is -0.497 e. The number of ether oxygens (including phenoxy) is 3. The van der Waals surface area contributed by atoms with Gasteiger partial charge < -0.3 is 19.5 Å². The zero-order valence-corrected chi connectivity index (χ0v) is 20.7. The predicted octanol–water partition coefficient (Wildman–Crippen LogP) is 4.16. The first-order valence-electron chi connectivity index (χ1n) is 10.3.